The van der Waals surface area contributed by atoms with Crippen LogP contribution in [0.5, 0.6) is 11.5 Å². The molecule has 1 heterocycles. The summed E-state index contributed by atoms with van der Waals surface area (Å²) in [4.78, 5) is 40.9. The summed E-state index contributed by atoms with van der Waals surface area (Å²) in [6.45, 7) is 8.01. The van der Waals surface area contributed by atoms with Crippen LogP contribution in [-0.4, -0.2) is 44.7 Å². The molecule has 8 nitrogen and oxygen atoms in total. The van der Waals surface area contributed by atoms with Crippen LogP contribution in [0.4, 0.5) is 0 Å². The average Bonchev–Trinajstić information content (AvgIpc) is 2.93. The second kappa shape index (κ2) is 12.2. The lowest BCUT2D eigenvalue weighted by Gasteiger charge is -2.39. The van der Waals surface area contributed by atoms with Crippen molar-refractivity contribution in [2.24, 2.45) is 5.92 Å². The molecule has 4 rings (SSSR count). The van der Waals surface area contributed by atoms with Gasteiger partial charge in [-0.15, -0.1) is 0 Å². The van der Waals surface area contributed by atoms with Crippen LogP contribution in [0.3, 0.4) is 0 Å². The monoisotopic (exact) mass is 533 g/mol. The summed E-state index contributed by atoms with van der Waals surface area (Å²) in [6, 6.07) is 14.7. The van der Waals surface area contributed by atoms with Gasteiger partial charge in [-0.2, -0.15) is 0 Å². The van der Waals surface area contributed by atoms with Crippen LogP contribution in [0.2, 0.25) is 0 Å². The molecule has 0 bridgehead atoms. The van der Waals surface area contributed by atoms with Crippen molar-refractivity contribution in [3.05, 3.63) is 82.2 Å². The molecule has 1 aliphatic heterocycles. The zero-order valence-electron chi connectivity index (χ0n) is 23.0. The van der Waals surface area contributed by atoms with Gasteiger partial charge in [0.15, 0.2) is 5.78 Å². The fraction of sp³-hybridized carbons (Fsp3) is 0.387. The molecule has 0 saturated heterocycles. The van der Waals surface area contributed by atoms with Gasteiger partial charge in [0.2, 0.25) is 0 Å². The molecule has 1 aliphatic carbocycles. The number of esters is 2. The lowest BCUT2D eigenvalue weighted by Crippen LogP contribution is -2.43. The summed E-state index contributed by atoms with van der Waals surface area (Å²) in [6.07, 6.45) is 0.374. The molecule has 0 aromatic heterocycles. The second-order valence-electron chi connectivity index (χ2n) is 9.39. The van der Waals surface area contributed by atoms with E-state index in [1.54, 1.807) is 27.9 Å². The van der Waals surface area contributed by atoms with Crippen LogP contribution in [0.1, 0.15) is 57.1 Å². The number of allylic oxidation sites excluding steroid dienone is 3. The Labute approximate surface area is 229 Å². The third kappa shape index (κ3) is 5.55. The van der Waals surface area contributed by atoms with Crippen molar-refractivity contribution in [2.45, 2.75) is 46.0 Å². The minimum absolute atomic E-state index is 0.146. The van der Waals surface area contributed by atoms with E-state index in [1.807, 2.05) is 55.5 Å². The molecule has 39 heavy (non-hydrogen) atoms. The number of hydrogen-bond acceptors (Lipinski definition) is 8. The van der Waals surface area contributed by atoms with Crippen LogP contribution >= 0.6 is 0 Å². The van der Waals surface area contributed by atoms with Gasteiger partial charge in [0.1, 0.15) is 17.4 Å². The standard InChI is InChI=1S/C31H35NO7/c1-6-37-21-14-12-19(13-15-21)26-25(30(34)38-7-2)18(4)32-24-17-23(20-10-9-11-22(16-20)36-5)27(29(33)28(24)26)31(35)39-8-3/h9-16,23,26-27,32H,6-8,17H2,1-5H3/t23-,26-,27+/m0/s1. The molecule has 2 aromatic rings. The Morgan fingerprint density at radius 1 is 0.923 bits per heavy atom. The van der Waals surface area contributed by atoms with Gasteiger partial charge >= 0.3 is 11.9 Å². The number of dihydropyridines is 1. The van der Waals surface area contributed by atoms with Crippen LogP contribution in [-0.2, 0) is 23.9 Å². The van der Waals surface area contributed by atoms with Crippen LogP contribution in [0, 0.1) is 5.92 Å². The number of carbonyl (C=O) groups excluding carboxylic acids is 3. The third-order valence-electron chi connectivity index (χ3n) is 7.10. The maximum Gasteiger partial charge on any atom is 0.336 e. The predicted octanol–water partition coefficient (Wildman–Crippen LogP) is 4.81. The number of ketones is 1. The van der Waals surface area contributed by atoms with Gasteiger partial charge in [0, 0.05) is 28.8 Å². The van der Waals surface area contributed by atoms with Gasteiger partial charge in [-0.05, 0) is 69.5 Å². The summed E-state index contributed by atoms with van der Waals surface area (Å²) in [5.74, 6) is -2.43. The van der Waals surface area contributed by atoms with E-state index in [0.29, 0.717) is 47.1 Å². The lowest BCUT2D eigenvalue weighted by molar-refractivity contribution is -0.152. The minimum atomic E-state index is -1.08. The Morgan fingerprint density at radius 3 is 2.28 bits per heavy atom. The summed E-state index contributed by atoms with van der Waals surface area (Å²) < 4.78 is 21.8. The first kappa shape index (κ1) is 28.0. The molecule has 0 unspecified atom stereocenters. The quantitative estimate of drug-likeness (QED) is 0.362. The Kier molecular flexibility index (Phi) is 8.74. The number of nitrogens with one attached hydrogen (secondary N) is 1. The highest BCUT2D eigenvalue weighted by Gasteiger charge is 2.49. The van der Waals surface area contributed by atoms with E-state index in [4.69, 9.17) is 18.9 Å². The summed E-state index contributed by atoms with van der Waals surface area (Å²) in [5, 5.41) is 3.32. The molecular weight excluding hydrogens is 498 g/mol. The summed E-state index contributed by atoms with van der Waals surface area (Å²) in [5.41, 5.74) is 3.53. The van der Waals surface area contributed by atoms with Crippen molar-refractivity contribution in [3.8, 4) is 11.5 Å². The van der Waals surface area contributed by atoms with Crippen LogP contribution < -0.4 is 14.8 Å². The zero-order valence-corrected chi connectivity index (χ0v) is 23.0. The van der Waals surface area contributed by atoms with Crippen molar-refractivity contribution in [3.63, 3.8) is 0 Å². The molecule has 0 fully saturated rings. The summed E-state index contributed by atoms with van der Waals surface area (Å²) in [7, 11) is 1.57. The Balaban J connectivity index is 1.88. The molecule has 2 aliphatic rings. The fourth-order valence-electron chi connectivity index (χ4n) is 5.46. The van der Waals surface area contributed by atoms with E-state index in [0.717, 1.165) is 11.1 Å². The maximum atomic E-state index is 14.4. The first-order valence-electron chi connectivity index (χ1n) is 13.3. The molecule has 0 amide bonds. The van der Waals surface area contributed by atoms with E-state index >= 15 is 0 Å². The van der Waals surface area contributed by atoms with Gasteiger partial charge in [-0.3, -0.25) is 9.59 Å². The molecule has 1 N–H and O–H groups in total. The Bertz CT molecular complexity index is 1310. The minimum Gasteiger partial charge on any atom is -0.497 e. The van der Waals surface area contributed by atoms with E-state index < -0.39 is 29.7 Å². The van der Waals surface area contributed by atoms with Gasteiger partial charge in [0.25, 0.3) is 0 Å². The highest BCUT2D eigenvalue weighted by Crippen LogP contribution is 2.48. The highest BCUT2D eigenvalue weighted by molar-refractivity contribution is 6.13. The number of ether oxygens (including phenoxy) is 4. The molecule has 0 spiro atoms. The molecular formula is C31H35NO7. The van der Waals surface area contributed by atoms with Crippen LogP contribution in [0.25, 0.3) is 0 Å². The number of hydrogen-bond donors (Lipinski definition) is 1. The van der Waals surface area contributed by atoms with Crippen LogP contribution in [0.15, 0.2) is 71.1 Å². The normalized spacial score (nSPS) is 20.6. The van der Waals surface area contributed by atoms with Gasteiger partial charge in [-0.1, -0.05) is 24.3 Å². The molecule has 2 aromatic carbocycles. The average molecular weight is 534 g/mol. The first-order chi connectivity index (χ1) is 18.8. The Hall–Kier alpha value is -4.07. The van der Waals surface area contributed by atoms with E-state index in [-0.39, 0.29) is 19.0 Å². The first-order valence-corrected chi connectivity index (χ1v) is 13.3. The topological polar surface area (TPSA) is 100 Å². The van der Waals surface area contributed by atoms with Crippen molar-refractivity contribution in [2.75, 3.05) is 26.9 Å². The molecule has 0 radical (unpaired) electrons. The smallest absolute Gasteiger partial charge is 0.336 e. The number of methoxy groups -OCH3 is 1. The van der Waals surface area contributed by atoms with Crippen molar-refractivity contribution in [1.29, 1.82) is 0 Å². The van der Waals surface area contributed by atoms with E-state index in [1.165, 1.54) is 0 Å². The SMILES string of the molecule is CCOC(=O)C1=C(C)NC2=C(C(=O)[C@H](C(=O)OCC)[C@H](c3cccc(OC)c3)C2)[C@H]1c1ccc(OCC)cc1. The lowest BCUT2D eigenvalue weighted by atomic mass is 9.67. The van der Waals surface area contributed by atoms with Crippen molar-refractivity contribution >= 4 is 17.7 Å². The molecule has 3 atom stereocenters. The number of carbonyl (C=O) groups is 3. The van der Waals surface area contributed by atoms with E-state index in [2.05, 4.69) is 5.32 Å². The van der Waals surface area contributed by atoms with Gasteiger partial charge in [-0.25, -0.2) is 4.79 Å². The number of rotatable bonds is 9. The van der Waals surface area contributed by atoms with Crippen molar-refractivity contribution in [1.82, 2.24) is 5.32 Å². The largest absolute Gasteiger partial charge is 0.497 e. The second-order valence-corrected chi connectivity index (χ2v) is 9.39. The molecule has 8 heteroatoms. The third-order valence-corrected chi connectivity index (χ3v) is 7.10. The number of Topliss-reactive ketones (excluding diaryl/α,β-unsaturated/α-hetero) is 1. The predicted molar refractivity (Wildman–Crippen MR) is 145 cm³/mol. The summed E-state index contributed by atoms with van der Waals surface area (Å²) >= 11 is 0. The maximum absolute atomic E-state index is 14.4. The number of benzene rings is 2. The van der Waals surface area contributed by atoms with Gasteiger partial charge < -0.3 is 24.3 Å². The fourth-order valence-corrected chi connectivity index (χ4v) is 5.46. The van der Waals surface area contributed by atoms with Crippen molar-refractivity contribution < 1.29 is 33.3 Å². The zero-order chi connectivity index (χ0) is 28.1. The highest BCUT2D eigenvalue weighted by atomic mass is 16.5. The molecule has 206 valence electrons. The van der Waals surface area contributed by atoms with Gasteiger partial charge in [0.05, 0.1) is 32.5 Å². The van der Waals surface area contributed by atoms with E-state index in [9.17, 15) is 14.4 Å². The Morgan fingerprint density at radius 2 is 1.64 bits per heavy atom. The molecule has 0 saturated carbocycles.